The number of aromatic nitrogens is 3. The van der Waals surface area contributed by atoms with Crippen molar-refractivity contribution in [2.45, 2.75) is 64.1 Å². The van der Waals surface area contributed by atoms with Crippen LogP contribution in [-0.2, 0) is 13.1 Å². The molecule has 1 unspecified atom stereocenters. The molecule has 1 aliphatic carbocycles. The topological polar surface area (TPSA) is 63.1 Å². The van der Waals surface area contributed by atoms with Gasteiger partial charge in [-0.2, -0.15) is 0 Å². The molecule has 6 nitrogen and oxygen atoms in total. The van der Waals surface area contributed by atoms with E-state index in [0.717, 1.165) is 44.9 Å². The number of nitrogens with zero attached hydrogens (tertiary/aromatic N) is 4. The van der Waals surface area contributed by atoms with Crippen LogP contribution in [0.1, 0.15) is 61.0 Å². The SMILES string of the molecule is O=C(NC1CCN(Cc2ccccc2)C1)c1cn(CCC2CCCCC2)nn1. The van der Waals surface area contributed by atoms with E-state index in [1.807, 2.05) is 10.7 Å². The largest absolute Gasteiger partial charge is 0.347 e. The second-order valence-corrected chi connectivity index (χ2v) is 8.34. The van der Waals surface area contributed by atoms with Gasteiger partial charge in [-0.3, -0.25) is 14.4 Å². The highest BCUT2D eigenvalue weighted by Crippen LogP contribution is 2.26. The number of nitrogens with one attached hydrogen (secondary N) is 1. The summed E-state index contributed by atoms with van der Waals surface area (Å²) in [5, 5.41) is 11.4. The lowest BCUT2D eigenvalue weighted by molar-refractivity contribution is 0.0932. The summed E-state index contributed by atoms with van der Waals surface area (Å²) in [6.45, 7) is 3.69. The summed E-state index contributed by atoms with van der Waals surface area (Å²) in [5.74, 6) is 0.708. The van der Waals surface area contributed by atoms with Crippen LogP contribution in [0.15, 0.2) is 36.5 Å². The molecule has 1 aromatic heterocycles. The average Bonchev–Trinajstić information content (AvgIpc) is 3.38. The smallest absolute Gasteiger partial charge is 0.273 e. The lowest BCUT2D eigenvalue weighted by Crippen LogP contribution is -2.37. The number of carbonyl (C=O) groups excluding carboxylic acids is 1. The number of amides is 1. The number of likely N-dealkylation sites (tertiary alicyclic amines) is 1. The molecule has 0 spiro atoms. The first-order valence-electron chi connectivity index (χ1n) is 10.7. The lowest BCUT2D eigenvalue weighted by atomic mass is 9.87. The molecule has 1 atom stereocenters. The first kappa shape index (κ1) is 19.1. The van der Waals surface area contributed by atoms with Crippen LogP contribution in [0.2, 0.25) is 0 Å². The van der Waals surface area contributed by atoms with E-state index in [2.05, 4.69) is 44.8 Å². The highest BCUT2D eigenvalue weighted by Gasteiger charge is 2.25. The Morgan fingerprint density at radius 3 is 2.75 bits per heavy atom. The molecule has 150 valence electrons. The number of aryl methyl sites for hydroxylation is 1. The number of rotatable bonds is 7. The van der Waals surface area contributed by atoms with Gasteiger partial charge in [0.1, 0.15) is 0 Å². The van der Waals surface area contributed by atoms with E-state index >= 15 is 0 Å². The zero-order valence-electron chi connectivity index (χ0n) is 16.6. The van der Waals surface area contributed by atoms with Crippen LogP contribution >= 0.6 is 0 Å². The maximum absolute atomic E-state index is 12.5. The van der Waals surface area contributed by atoms with Crippen LogP contribution in [0, 0.1) is 5.92 Å². The van der Waals surface area contributed by atoms with Crippen molar-refractivity contribution in [3.05, 3.63) is 47.8 Å². The molecule has 2 aromatic rings. The van der Waals surface area contributed by atoms with Crippen LogP contribution in [0.4, 0.5) is 0 Å². The van der Waals surface area contributed by atoms with E-state index in [1.54, 1.807) is 6.20 Å². The van der Waals surface area contributed by atoms with Crippen molar-refractivity contribution in [2.24, 2.45) is 5.92 Å². The predicted octanol–water partition coefficient (Wildman–Crippen LogP) is 3.25. The van der Waals surface area contributed by atoms with E-state index in [1.165, 1.54) is 37.7 Å². The highest BCUT2D eigenvalue weighted by molar-refractivity contribution is 5.92. The van der Waals surface area contributed by atoms with Gasteiger partial charge in [0.25, 0.3) is 5.91 Å². The van der Waals surface area contributed by atoms with Gasteiger partial charge in [-0.25, -0.2) is 0 Å². The molecule has 0 radical (unpaired) electrons. The fourth-order valence-corrected chi connectivity index (χ4v) is 4.50. The molecular formula is C22H31N5O. The molecule has 4 rings (SSSR count). The monoisotopic (exact) mass is 381 g/mol. The maximum Gasteiger partial charge on any atom is 0.273 e. The van der Waals surface area contributed by atoms with Crippen LogP contribution in [0.5, 0.6) is 0 Å². The summed E-state index contributed by atoms with van der Waals surface area (Å²) >= 11 is 0. The number of hydrogen-bond donors (Lipinski definition) is 1. The highest BCUT2D eigenvalue weighted by atomic mass is 16.2. The Kier molecular flexibility index (Phi) is 6.37. The van der Waals surface area contributed by atoms with Gasteiger partial charge in [-0.15, -0.1) is 5.10 Å². The first-order valence-corrected chi connectivity index (χ1v) is 10.7. The normalized spacial score (nSPS) is 21.1. The lowest BCUT2D eigenvalue weighted by Gasteiger charge is -2.20. The van der Waals surface area contributed by atoms with Crippen LogP contribution in [0.25, 0.3) is 0 Å². The molecule has 1 aromatic carbocycles. The fourth-order valence-electron chi connectivity index (χ4n) is 4.50. The van der Waals surface area contributed by atoms with Gasteiger partial charge >= 0.3 is 0 Å². The Bertz CT molecular complexity index is 753. The maximum atomic E-state index is 12.5. The third kappa shape index (κ3) is 5.19. The van der Waals surface area contributed by atoms with Crippen LogP contribution in [0.3, 0.4) is 0 Å². The van der Waals surface area contributed by atoms with Gasteiger partial charge in [0.15, 0.2) is 5.69 Å². The summed E-state index contributed by atoms with van der Waals surface area (Å²) in [4.78, 5) is 14.9. The molecule has 1 saturated carbocycles. The summed E-state index contributed by atoms with van der Waals surface area (Å²) in [5.41, 5.74) is 1.75. The molecule has 6 heteroatoms. The van der Waals surface area contributed by atoms with Gasteiger partial charge in [0.2, 0.25) is 0 Å². The van der Waals surface area contributed by atoms with Crippen molar-refractivity contribution >= 4 is 5.91 Å². The molecule has 0 bridgehead atoms. The quantitative estimate of drug-likeness (QED) is 0.800. The van der Waals surface area contributed by atoms with Gasteiger partial charge < -0.3 is 5.32 Å². The van der Waals surface area contributed by atoms with Crippen LogP contribution < -0.4 is 5.32 Å². The van der Waals surface area contributed by atoms with Gasteiger partial charge in [-0.1, -0.05) is 67.6 Å². The molecule has 1 aliphatic heterocycles. The van der Waals surface area contributed by atoms with Crippen molar-refractivity contribution in [3.8, 4) is 0 Å². The molecule has 1 N–H and O–H groups in total. The van der Waals surface area contributed by atoms with E-state index < -0.39 is 0 Å². The van der Waals surface area contributed by atoms with Crippen molar-refractivity contribution in [3.63, 3.8) is 0 Å². The molecule has 28 heavy (non-hydrogen) atoms. The van der Waals surface area contributed by atoms with E-state index in [9.17, 15) is 4.79 Å². The Balaban J connectivity index is 1.22. The fraction of sp³-hybridized carbons (Fsp3) is 0.591. The van der Waals surface area contributed by atoms with Crippen molar-refractivity contribution < 1.29 is 4.79 Å². The van der Waals surface area contributed by atoms with Gasteiger partial charge in [0, 0.05) is 32.2 Å². The second kappa shape index (κ2) is 9.32. The Morgan fingerprint density at radius 1 is 1.11 bits per heavy atom. The average molecular weight is 382 g/mol. The van der Waals surface area contributed by atoms with E-state index in [0.29, 0.717) is 5.69 Å². The molecule has 2 aliphatic rings. The minimum Gasteiger partial charge on any atom is -0.347 e. The molecular weight excluding hydrogens is 350 g/mol. The van der Waals surface area contributed by atoms with Crippen molar-refractivity contribution in [1.82, 2.24) is 25.2 Å². The third-order valence-corrected chi connectivity index (χ3v) is 6.12. The molecule has 2 fully saturated rings. The molecule has 1 saturated heterocycles. The van der Waals surface area contributed by atoms with Crippen molar-refractivity contribution in [2.75, 3.05) is 13.1 Å². The van der Waals surface area contributed by atoms with Gasteiger partial charge in [-0.05, 0) is 24.3 Å². The van der Waals surface area contributed by atoms with E-state index in [-0.39, 0.29) is 11.9 Å². The second-order valence-electron chi connectivity index (χ2n) is 8.34. The Hall–Kier alpha value is -2.21. The minimum atomic E-state index is -0.101. The number of benzene rings is 1. The zero-order valence-corrected chi connectivity index (χ0v) is 16.6. The standard InChI is InChI=1S/C22H31N5O/c28-22(21-17-27(25-24-21)14-11-18-7-3-1-4-8-18)23-20-12-13-26(16-20)15-19-9-5-2-6-10-19/h2,5-6,9-10,17-18,20H,1,3-4,7-8,11-16H2,(H,23,28). The Labute approximate surface area is 167 Å². The zero-order chi connectivity index (χ0) is 19.2. The minimum absolute atomic E-state index is 0.101. The Morgan fingerprint density at radius 2 is 1.93 bits per heavy atom. The molecule has 1 amide bonds. The number of carbonyl (C=O) groups is 1. The van der Waals surface area contributed by atoms with Gasteiger partial charge in [0.05, 0.1) is 6.20 Å². The summed E-state index contributed by atoms with van der Waals surface area (Å²) in [6.07, 6.45) is 10.7. The third-order valence-electron chi connectivity index (χ3n) is 6.12. The van der Waals surface area contributed by atoms with Crippen LogP contribution in [-0.4, -0.2) is 44.9 Å². The summed E-state index contributed by atoms with van der Waals surface area (Å²) in [7, 11) is 0. The van der Waals surface area contributed by atoms with E-state index in [4.69, 9.17) is 0 Å². The molecule has 2 heterocycles. The first-order chi connectivity index (χ1) is 13.8. The summed E-state index contributed by atoms with van der Waals surface area (Å²) in [6, 6.07) is 10.7. The summed E-state index contributed by atoms with van der Waals surface area (Å²) < 4.78 is 1.83. The predicted molar refractivity (Wildman–Crippen MR) is 109 cm³/mol. The van der Waals surface area contributed by atoms with Crippen molar-refractivity contribution in [1.29, 1.82) is 0 Å². The number of hydrogen-bond acceptors (Lipinski definition) is 4.